The van der Waals surface area contributed by atoms with E-state index in [4.69, 9.17) is 9.84 Å². The largest absolute Gasteiger partial charge is 0.412 e. The summed E-state index contributed by atoms with van der Waals surface area (Å²) < 4.78 is 4.96. The van der Waals surface area contributed by atoms with Crippen LogP contribution in [0.2, 0.25) is 0 Å². The van der Waals surface area contributed by atoms with Gasteiger partial charge in [0.15, 0.2) is 0 Å². The smallest absolute Gasteiger partial charge is 0.410 e. The third-order valence-electron chi connectivity index (χ3n) is 1.56. The molecule has 80 valence electrons. The number of ether oxygens (including phenoxy) is 1. The van der Waals surface area contributed by atoms with Gasteiger partial charge in [-0.25, -0.2) is 4.79 Å². The first-order valence-electron chi connectivity index (χ1n) is 4.61. The lowest BCUT2D eigenvalue weighted by Gasteiger charge is -2.05. The van der Waals surface area contributed by atoms with Crippen molar-refractivity contribution in [3.05, 3.63) is 48.3 Å². The van der Waals surface area contributed by atoms with E-state index in [-0.39, 0.29) is 13.2 Å². The summed E-state index contributed by atoms with van der Waals surface area (Å²) in [5.41, 5.74) is 0. The summed E-state index contributed by atoms with van der Waals surface area (Å²) in [5.74, 6) is 0.450. The van der Waals surface area contributed by atoms with E-state index in [1.807, 2.05) is 18.2 Å². The van der Waals surface area contributed by atoms with Crippen molar-refractivity contribution in [3.8, 4) is 0 Å². The number of nitrogens with one attached hydrogen (secondary N) is 1. The van der Waals surface area contributed by atoms with Gasteiger partial charge in [0.05, 0.1) is 6.61 Å². The van der Waals surface area contributed by atoms with E-state index < -0.39 is 6.09 Å². The number of carbonyl (C=O) groups excluding carboxylic acids is 1. The number of alkyl carbamates (subject to hydrolysis) is 1. The number of aliphatic hydroxyl groups excluding tert-OH is 1. The Bertz CT molecular complexity index is 327. The van der Waals surface area contributed by atoms with E-state index in [0.717, 1.165) is 0 Å². The minimum absolute atomic E-state index is 0.105. The molecule has 15 heavy (non-hydrogen) atoms. The number of amides is 1. The van der Waals surface area contributed by atoms with Crippen LogP contribution >= 0.6 is 0 Å². The van der Waals surface area contributed by atoms with Gasteiger partial charge in [0, 0.05) is 6.54 Å². The van der Waals surface area contributed by atoms with E-state index in [1.165, 1.54) is 0 Å². The van der Waals surface area contributed by atoms with Crippen LogP contribution in [0.4, 0.5) is 4.79 Å². The van der Waals surface area contributed by atoms with Crippen molar-refractivity contribution in [2.24, 2.45) is 0 Å². The van der Waals surface area contributed by atoms with Gasteiger partial charge in [0.1, 0.15) is 5.76 Å². The van der Waals surface area contributed by atoms with Crippen molar-refractivity contribution in [1.82, 2.24) is 5.32 Å². The molecule has 0 bridgehead atoms. The fourth-order valence-electron chi connectivity index (χ4n) is 0.918. The van der Waals surface area contributed by atoms with Gasteiger partial charge in [-0.1, -0.05) is 30.4 Å². The van der Waals surface area contributed by atoms with E-state index in [1.54, 1.807) is 24.3 Å². The predicted molar refractivity (Wildman–Crippen MR) is 57.1 cm³/mol. The third kappa shape index (κ3) is 4.83. The Balaban J connectivity index is 2.46. The Morgan fingerprint density at radius 3 is 2.80 bits per heavy atom. The highest BCUT2D eigenvalue weighted by molar-refractivity contribution is 5.68. The molecule has 0 fully saturated rings. The lowest BCUT2D eigenvalue weighted by Crippen LogP contribution is -2.26. The highest BCUT2D eigenvalue weighted by Crippen LogP contribution is 2.03. The molecule has 0 atom stereocenters. The third-order valence-corrected chi connectivity index (χ3v) is 1.56. The average molecular weight is 207 g/mol. The Labute approximate surface area is 88.2 Å². The molecule has 0 aromatic rings. The molecule has 1 aliphatic carbocycles. The summed E-state index contributed by atoms with van der Waals surface area (Å²) in [5, 5.41) is 10.9. The van der Waals surface area contributed by atoms with Crippen molar-refractivity contribution in [1.29, 1.82) is 0 Å². The van der Waals surface area contributed by atoms with Gasteiger partial charge in [-0.05, 0) is 12.2 Å². The van der Waals surface area contributed by atoms with Gasteiger partial charge in [-0.15, -0.1) is 0 Å². The van der Waals surface area contributed by atoms with E-state index >= 15 is 0 Å². The molecule has 0 aromatic carbocycles. The molecular formula is C11H13NO3. The molecule has 0 aromatic heterocycles. The van der Waals surface area contributed by atoms with Crippen molar-refractivity contribution < 1.29 is 14.6 Å². The summed E-state index contributed by atoms with van der Waals surface area (Å²) >= 11 is 0. The molecule has 1 aliphatic rings. The SMILES string of the molecule is O=C(NCCO)OC1=C/C=C/C=C\C=C\1. The van der Waals surface area contributed by atoms with Crippen LogP contribution in [0.15, 0.2) is 48.3 Å². The topological polar surface area (TPSA) is 58.6 Å². The van der Waals surface area contributed by atoms with Crippen LogP contribution in [0.1, 0.15) is 0 Å². The molecule has 0 radical (unpaired) electrons. The zero-order valence-electron chi connectivity index (χ0n) is 8.22. The van der Waals surface area contributed by atoms with Crippen molar-refractivity contribution in [3.63, 3.8) is 0 Å². The van der Waals surface area contributed by atoms with E-state index in [2.05, 4.69) is 5.32 Å². The Morgan fingerprint density at radius 1 is 1.27 bits per heavy atom. The van der Waals surface area contributed by atoms with Crippen LogP contribution in [0.25, 0.3) is 0 Å². The second-order valence-corrected chi connectivity index (χ2v) is 2.74. The highest BCUT2D eigenvalue weighted by Gasteiger charge is 2.02. The number of aliphatic hydroxyl groups is 1. The first-order chi connectivity index (χ1) is 7.33. The monoisotopic (exact) mass is 207 g/mol. The fraction of sp³-hybridized carbons (Fsp3) is 0.182. The zero-order chi connectivity index (χ0) is 10.9. The Hall–Kier alpha value is -1.81. The first kappa shape index (κ1) is 11.3. The molecule has 0 saturated heterocycles. The first-order valence-corrected chi connectivity index (χ1v) is 4.61. The second kappa shape index (κ2) is 6.62. The standard InChI is InChI=1S/C11H13NO3/c13-9-8-12-11(14)15-10-6-4-2-1-3-5-7-10/h1-7,13H,8-9H2,(H,12,14)/b2-1-,3-1?,4-2?,5-3+,6-4+,7-5?,10-6?,10-7+. The highest BCUT2D eigenvalue weighted by atomic mass is 16.6. The Morgan fingerprint density at radius 2 is 2.00 bits per heavy atom. The van der Waals surface area contributed by atoms with Crippen LogP contribution in [-0.2, 0) is 4.74 Å². The zero-order valence-corrected chi connectivity index (χ0v) is 8.22. The molecule has 0 spiro atoms. The average Bonchev–Trinajstić information content (AvgIpc) is 2.19. The summed E-state index contributed by atoms with van der Waals surface area (Å²) in [6, 6.07) is 0. The molecule has 2 N–H and O–H groups in total. The minimum atomic E-state index is -0.571. The van der Waals surface area contributed by atoms with E-state index in [9.17, 15) is 4.79 Å². The van der Waals surface area contributed by atoms with Crippen molar-refractivity contribution in [2.75, 3.05) is 13.2 Å². The summed E-state index contributed by atoms with van der Waals surface area (Å²) in [6.45, 7) is 0.0815. The molecular weight excluding hydrogens is 194 g/mol. The Kier molecular flexibility index (Phi) is 4.97. The molecule has 1 rings (SSSR count). The number of allylic oxidation sites excluding steroid dienone is 7. The van der Waals surface area contributed by atoms with Gasteiger partial charge in [-0.2, -0.15) is 0 Å². The van der Waals surface area contributed by atoms with Crippen molar-refractivity contribution in [2.45, 2.75) is 0 Å². The van der Waals surface area contributed by atoms with Gasteiger partial charge in [-0.3, -0.25) is 0 Å². The lowest BCUT2D eigenvalue weighted by atomic mass is 10.3. The number of carbonyl (C=O) groups is 1. The van der Waals surface area contributed by atoms with E-state index in [0.29, 0.717) is 5.76 Å². The van der Waals surface area contributed by atoms with Gasteiger partial charge < -0.3 is 15.2 Å². The minimum Gasteiger partial charge on any atom is -0.410 e. The number of hydrogen-bond donors (Lipinski definition) is 2. The van der Waals surface area contributed by atoms with Gasteiger partial charge in [0.25, 0.3) is 0 Å². The summed E-state index contributed by atoms with van der Waals surface area (Å²) in [4.78, 5) is 11.1. The molecule has 1 amide bonds. The molecule has 4 heteroatoms. The maximum Gasteiger partial charge on any atom is 0.412 e. The fourth-order valence-corrected chi connectivity index (χ4v) is 0.918. The van der Waals surface area contributed by atoms with Crippen LogP contribution in [0, 0.1) is 0 Å². The van der Waals surface area contributed by atoms with Crippen molar-refractivity contribution >= 4 is 6.09 Å². The number of rotatable bonds is 3. The predicted octanol–water partition coefficient (Wildman–Crippen LogP) is 1.27. The normalized spacial score (nSPS) is 23.9. The lowest BCUT2D eigenvalue weighted by molar-refractivity contribution is 0.175. The number of hydrogen-bond acceptors (Lipinski definition) is 3. The maximum atomic E-state index is 11.1. The van der Waals surface area contributed by atoms with Gasteiger partial charge in [0.2, 0.25) is 0 Å². The van der Waals surface area contributed by atoms with Crippen LogP contribution in [0.5, 0.6) is 0 Å². The summed E-state index contributed by atoms with van der Waals surface area (Å²) in [7, 11) is 0. The van der Waals surface area contributed by atoms with Gasteiger partial charge >= 0.3 is 6.09 Å². The van der Waals surface area contributed by atoms with Crippen LogP contribution in [0.3, 0.4) is 0 Å². The molecule has 4 nitrogen and oxygen atoms in total. The van der Waals surface area contributed by atoms with Crippen LogP contribution in [-0.4, -0.2) is 24.4 Å². The second-order valence-electron chi connectivity index (χ2n) is 2.74. The quantitative estimate of drug-likeness (QED) is 0.732. The summed E-state index contributed by atoms with van der Waals surface area (Å²) in [6.07, 6.45) is 11.9. The molecule has 0 aliphatic heterocycles. The maximum absolute atomic E-state index is 11.1. The molecule has 0 heterocycles. The van der Waals surface area contributed by atoms with Crippen LogP contribution < -0.4 is 5.32 Å². The molecule has 0 unspecified atom stereocenters. The molecule has 0 saturated carbocycles.